The summed E-state index contributed by atoms with van der Waals surface area (Å²) in [7, 11) is 0. The summed E-state index contributed by atoms with van der Waals surface area (Å²) < 4.78 is 2.02. The van der Waals surface area contributed by atoms with Crippen LogP contribution in [0.1, 0.15) is 24.5 Å². The molecule has 0 aliphatic carbocycles. The second-order valence-corrected chi connectivity index (χ2v) is 4.99. The summed E-state index contributed by atoms with van der Waals surface area (Å²) in [5.41, 5.74) is 8.18. The smallest absolute Gasteiger partial charge is 0.269 e. The van der Waals surface area contributed by atoms with Crippen molar-refractivity contribution in [2.45, 2.75) is 32.4 Å². The number of aromatic nitrogens is 1. The first kappa shape index (κ1) is 14.3. The van der Waals surface area contributed by atoms with Crippen molar-refractivity contribution in [1.29, 1.82) is 0 Å². The van der Waals surface area contributed by atoms with E-state index in [4.69, 9.17) is 5.73 Å². The molecule has 0 saturated heterocycles. The number of rotatable bonds is 6. The van der Waals surface area contributed by atoms with Crippen LogP contribution in [0.25, 0.3) is 0 Å². The molecular formula is C15H19N3O2. The third-order valence-corrected chi connectivity index (χ3v) is 3.32. The zero-order valence-corrected chi connectivity index (χ0v) is 11.5. The van der Waals surface area contributed by atoms with E-state index in [-0.39, 0.29) is 16.7 Å². The number of hydrogen-bond donors (Lipinski definition) is 1. The Hall–Kier alpha value is -2.14. The van der Waals surface area contributed by atoms with E-state index in [1.807, 2.05) is 29.1 Å². The Kier molecular flexibility index (Phi) is 4.53. The topological polar surface area (TPSA) is 74.1 Å². The van der Waals surface area contributed by atoms with Gasteiger partial charge in [-0.1, -0.05) is 19.1 Å². The molecule has 106 valence electrons. The van der Waals surface area contributed by atoms with Gasteiger partial charge < -0.3 is 10.3 Å². The summed E-state index contributed by atoms with van der Waals surface area (Å²) in [5, 5.41) is 10.7. The van der Waals surface area contributed by atoms with Crippen LogP contribution in [0.15, 0.2) is 42.7 Å². The fourth-order valence-electron chi connectivity index (χ4n) is 2.14. The van der Waals surface area contributed by atoms with Crippen LogP contribution in [0.5, 0.6) is 0 Å². The number of nitrogens with zero attached hydrogens (tertiary/aromatic N) is 2. The largest absolute Gasteiger partial charge is 0.350 e. The van der Waals surface area contributed by atoms with Gasteiger partial charge in [-0.15, -0.1) is 0 Å². The van der Waals surface area contributed by atoms with Crippen LogP contribution in [0, 0.1) is 10.1 Å². The average Bonchev–Trinajstić information content (AvgIpc) is 2.86. The van der Waals surface area contributed by atoms with Gasteiger partial charge >= 0.3 is 0 Å². The lowest BCUT2D eigenvalue weighted by molar-refractivity contribution is -0.384. The predicted octanol–water partition coefficient (Wildman–Crippen LogP) is 2.72. The molecule has 1 aromatic heterocycles. The van der Waals surface area contributed by atoms with Gasteiger partial charge in [-0.3, -0.25) is 10.1 Å². The molecule has 5 heteroatoms. The summed E-state index contributed by atoms with van der Waals surface area (Å²) in [6.45, 7) is 2.70. The molecule has 0 radical (unpaired) electrons. The van der Waals surface area contributed by atoms with Gasteiger partial charge in [0.2, 0.25) is 0 Å². The van der Waals surface area contributed by atoms with Gasteiger partial charge in [0, 0.05) is 37.1 Å². The van der Waals surface area contributed by atoms with Gasteiger partial charge in [0.05, 0.1) is 4.92 Å². The Bertz CT molecular complexity index is 592. The number of nitro benzene ring substituents is 1. The first-order valence-corrected chi connectivity index (χ1v) is 6.72. The third kappa shape index (κ3) is 3.68. The Morgan fingerprint density at radius 3 is 2.85 bits per heavy atom. The monoisotopic (exact) mass is 273 g/mol. The highest BCUT2D eigenvalue weighted by atomic mass is 16.6. The Labute approximate surface area is 118 Å². The quantitative estimate of drug-likeness (QED) is 0.649. The standard InChI is InChI=1S/C15H19N3O2/c1-2-14(16)8-13-6-7-17(11-13)10-12-4-3-5-15(9-12)18(19)20/h3-7,9,11,14H,2,8,10,16H2,1H3. The third-order valence-electron chi connectivity index (χ3n) is 3.32. The van der Waals surface area contributed by atoms with Crippen LogP contribution in [0.2, 0.25) is 0 Å². The molecule has 5 nitrogen and oxygen atoms in total. The van der Waals surface area contributed by atoms with Gasteiger partial charge in [0.15, 0.2) is 0 Å². The number of nitro groups is 1. The maximum atomic E-state index is 10.7. The van der Waals surface area contributed by atoms with E-state index in [1.165, 1.54) is 11.6 Å². The molecule has 2 N–H and O–H groups in total. The zero-order valence-electron chi connectivity index (χ0n) is 11.5. The molecule has 0 bridgehead atoms. The number of hydrogen-bond acceptors (Lipinski definition) is 3. The minimum atomic E-state index is -0.370. The van der Waals surface area contributed by atoms with E-state index < -0.39 is 0 Å². The Morgan fingerprint density at radius 2 is 2.15 bits per heavy atom. The van der Waals surface area contributed by atoms with E-state index in [0.29, 0.717) is 6.54 Å². The number of benzene rings is 1. The van der Waals surface area contributed by atoms with Crippen molar-refractivity contribution in [3.8, 4) is 0 Å². The summed E-state index contributed by atoms with van der Waals surface area (Å²) in [5.74, 6) is 0. The molecule has 2 rings (SSSR count). The molecule has 1 atom stereocenters. The highest BCUT2D eigenvalue weighted by molar-refractivity contribution is 5.34. The van der Waals surface area contributed by atoms with Crippen molar-refractivity contribution in [1.82, 2.24) is 4.57 Å². The number of non-ortho nitro benzene ring substituents is 1. The molecule has 20 heavy (non-hydrogen) atoms. The second-order valence-electron chi connectivity index (χ2n) is 4.99. The first-order chi connectivity index (χ1) is 9.58. The maximum absolute atomic E-state index is 10.7. The SMILES string of the molecule is CCC(N)Cc1ccn(Cc2cccc([N+](=O)[O-])c2)c1. The summed E-state index contributed by atoms with van der Waals surface area (Å²) in [4.78, 5) is 10.4. The molecule has 0 spiro atoms. The maximum Gasteiger partial charge on any atom is 0.269 e. The van der Waals surface area contributed by atoms with E-state index in [0.717, 1.165) is 18.4 Å². The van der Waals surface area contributed by atoms with Gasteiger partial charge in [0.1, 0.15) is 0 Å². The van der Waals surface area contributed by atoms with Gasteiger partial charge in [-0.05, 0) is 30.0 Å². The predicted molar refractivity (Wildman–Crippen MR) is 78.6 cm³/mol. The highest BCUT2D eigenvalue weighted by Gasteiger charge is 2.07. The van der Waals surface area contributed by atoms with Crippen LogP contribution in [-0.2, 0) is 13.0 Å². The molecule has 0 aliphatic heterocycles. The highest BCUT2D eigenvalue weighted by Crippen LogP contribution is 2.15. The van der Waals surface area contributed by atoms with Crippen LogP contribution < -0.4 is 5.73 Å². The summed E-state index contributed by atoms with van der Waals surface area (Å²) >= 11 is 0. The molecule has 1 aromatic carbocycles. The van der Waals surface area contributed by atoms with Crippen molar-refractivity contribution in [2.24, 2.45) is 5.73 Å². The molecule has 1 unspecified atom stereocenters. The zero-order chi connectivity index (χ0) is 14.5. The lowest BCUT2D eigenvalue weighted by Gasteiger charge is -2.06. The van der Waals surface area contributed by atoms with Crippen molar-refractivity contribution >= 4 is 5.69 Å². The molecule has 1 heterocycles. The normalized spacial score (nSPS) is 12.3. The lowest BCUT2D eigenvalue weighted by atomic mass is 10.1. The van der Waals surface area contributed by atoms with Gasteiger partial charge in [-0.2, -0.15) is 0 Å². The van der Waals surface area contributed by atoms with Crippen molar-refractivity contribution in [2.75, 3.05) is 0 Å². The second kappa shape index (κ2) is 6.34. The van der Waals surface area contributed by atoms with E-state index in [9.17, 15) is 10.1 Å². The van der Waals surface area contributed by atoms with Crippen LogP contribution in [0.4, 0.5) is 5.69 Å². The van der Waals surface area contributed by atoms with Crippen LogP contribution in [-0.4, -0.2) is 15.5 Å². The van der Waals surface area contributed by atoms with E-state index in [1.54, 1.807) is 12.1 Å². The van der Waals surface area contributed by atoms with Crippen molar-refractivity contribution in [3.05, 3.63) is 64.0 Å². The molecule has 2 aromatic rings. The van der Waals surface area contributed by atoms with Gasteiger partial charge in [-0.25, -0.2) is 0 Å². The van der Waals surface area contributed by atoms with Gasteiger partial charge in [0.25, 0.3) is 5.69 Å². The fraction of sp³-hybridized carbons (Fsp3) is 0.333. The summed E-state index contributed by atoms with van der Waals surface area (Å²) in [6, 6.07) is 8.95. The van der Waals surface area contributed by atoms with Crippen LogP contribution >= 0.6 is 0 Å². The minimum Gasteiger partial charge on any atom is -0.350 e. The van der Waals surface area contributed by atoms with Crippen molar-refractivity contribution < 1.29 is 4.92 Å². The molecule has 0 fully saturated rings. The van der Waals surface area contributed by atoms with Crippen molar-refractivity contribution in [3.63, 3.8) is 0 Å². The minimum absolute atomic E-state index is 0.128. The number of nitrogens with two attached hydrogens (primary N) is 1. The molecule has 0 aliphatic rings. The molecule has 0 saturated carbocycles. The van der Waals surface area contributed by atoms with E-state index in [2.05, 4.69) is 6.92 Å². The van der Waals surface area contributed by atoms with E-state index >= 15 is 0 Å². The Balaban J connectivity index is 2.06. The van der Waals surface area contributed by atoms with Crippen LogP contribution in [0.3, 0.4) is 0 Å². The fourth-order valence-corrected chi connectivity index (χ4v) is 2.14. The summed E-state index contributed by atoms with van der Waals surface area (Å²) in [6.07, 6.45) is 5.85. The molecule has 0 amide bonds. The molecular weight excluding hydrogens is 254 g/mol. The Morgan fingerprint density at radius 1 is 1.35 bits per heavy atom. The average molecular weight is 273 g/mol. The lowest BCUT2D eigenvalue weighted by Crippen LogP contribution is -2.21. The first-order valence-electron chi connectivity index (χ1n) is 6.72.